The molecular weight excluding hydrogens is 176 g/mol. The van der Waals surface area contributed by atoms with Crippen molar-refractivity contribution in [3.8, 4) is 0 Å². The lowest BCUT2D eigenvalue weighted by Gasteiger charge is -2.30. The van der Waals surface area contributed by atoms with Crippen LogP contribution in [0.3, 0.4) is 0 Å². The van der Waals surface area contributed by atoms with Gasteiger partial charge in [-0.3, -0.25) is 4.79 Å². The molecule has 1 N–H and O–H groups in total. The van der Waals surface area contributed by atoms with Gasteiger partial charge in [0.2, 0.25) is 5.91 Å². The van der Waals surface area contributed by atoms with Gasteiger partial charge in [0.25, 0.3) is 0 Å². The van der Waals surface area contributed by atoms with Gasteiger partial charge in [-0.25, -0.2) is 0 Å². The van der Waals surface area contributed by atoms with E-state index >= 15 is 0 Å². The van der Waals surface area contributed by atoms with Gasteiger partial charge in [-0.2, -0.15) is 0 Å². The average molecular weight is 198 g/mol. The second-order valence-electron chi connectivity index (χ2n) is 4.37. The van der Waals surface area contributed by atoms with Gasteiger partial charge in [-0.1, -0.05) is 13.3 Å². The van der Waals surface area contributed by atoms with Gasteiger partial charge < -0.3 is 10.2 Å². The Morgan fingerprint density at radius 3 is 2.64 bits per heavy atom. The fraction of sp³-hybridized carbons (Fsp3) is 0.909. The van der Waals surface area contributed by atoms with Gasteiger partial charge in [-0.05, 0) is 32.4 Å². The zero-order valence-electron chi connectivity index (χ0n) is 9.55. The molecule has 1 atom stereocenters. The Kier molecular flexibility index (Phi) is 4.39. The molecule has 3 nitrogen and oxygen atoms in total. The predicted octanol–water partition coefficient (Wildman–Crippen LogP) is 1.24. The summed E-state index contributed by atoms with van der Waals surface area (Å²) in [5.41, 5.74) is 0. The molecule has 1 rings (SSSR count). The first-order valence-electron chi connectivity index (χ1n) is 5.61. The van der Waals surface area contributed by atoms with Crippen molar-refractivity contribution in [3.63, 3.8) is 0 Å². The minimum Gasteiger partial charge on any atom is -0.343 e. The summed E-state index contributed by atoms with van der Waals surface area (Å²) < 4.78 is 0. The SMILES string of the molecule is CCCC(C)N(C)C(=O)CC1CNC1. The molecule has 1 aliphatic heterocycles. The van der Waals surface area contributed by atoms with E-state index in [0.29, 0.717) is 17.9 Å². The molecule has 0 bridgehead atoms. The first-order chi connectivity index (χ1) is 6.65. The number of hydrogen-bond acceptors (Lipinski definition) is 2. The van der Waals surface area contributed by atoms with E-state index in [4.69, 9.17) is 0 Å². The van der Waals surface area contributed by atoms with Crippen molar-refractivity contribution >= 4 is 5.91 Å². The maximum Gasteiger partial charge on any atom is 0.222 e. The number of nitrogens with one attached hydrogen (secondary N) is 1. The van der Waals surface area contributed by atoms with Crippen LogP contribution in [-0.4, -0.2) is 37.0 Å². The van der Waals surface area contributed by atoms with Gasteiger partial charge in [0.05, 0.1) is 0 Å². The highest BCUT2D eigenvalue weighted by atomic mass is 16.2. The standard InChI is InChI=1S/C11H22N2O/c1-4-5-9(2)13(3)11(14)6-10-7-12-8-10/h9-10,12H,4-8H2,1-3H3. The highest BCUT2D eigenvalue weighted by Gasteiger charge is 2.23. The molecule has 0 spiro atoms. The summed E-state index contributed by atoms with van der Waals surface area (Å²) in [6.45, 7) is 6.31. The number of amides is 1. The summed E-state index contributed by atoms with van der Waals surface area (Å²) in [6.07, 6.45) is 2.96. The van der Waals surface area contributed by atoms with Crippen molar-refractivity contribution < 1.29 is 4.79 Å². The zero-order valence-corrected chi connectivity index (χ0v) is 9.55. The Hall–Kier alpha value is -0.570. The molecular formula is C11H22N2O. The smallest absolute Gasteiger partial charge is 0.222 e. The first-order valence-corrected chi connectivity index (χ1v) is 5.61. The molecule has 0 radical (unpaired) electrons. The lowest BCUT2D eigenvalue weighted by Crippen LogP contribution is -2.45. The molecule has 0 aromatic carbocycles. The molecule has 14 heavy (non-hydrogen) atoms. The third kappa shape index (κ3) is 2.98. The monoisotopic (exact) mass is 198 g/mol. The molecule has 1 aliphatic rings. The number of hydrogen-bond donors (Lipinski definition) is 1. The Labute approximate surface area is 86.9 Å². The van der Waals surface area contributed by atoms with Gasteiger partial charge in [-0.15, -0.1) is 0 Å². The Bertz CT molecular complexity index is 190. The second kappa shape index (κ2) is 5.35. The number of carbonyl (C=O) groups is 1. The van der Waals surface area contributed by atoms with Crippen molar-refractivity contribution in [1.82, 2.24) is 10.2 Å². The van der Waals surface area contributed by atoms with E-state index in [9.17, 15) is 4.79 Å². The van der Waals surface area contributed by atoms with Crippen LogP contribution < -0.4 is 5.32 Å². The lowest BCUT2D eigenvalue weighted by atomic mass is 9.98. The molecule has 0 aromatic heterocycles. The minimum absolute atomic E-state index is 0.303. The summed E-state index contributed by atoms with van der Waals surface area (Å²) >= 11 is 0. The van der Waals surface area contributed by atoms with Crippen LogP contribution in [0.25, 0.3) is 0 Å². The molecule has 1 fully saturated rings. The third-order valence-corrected chi connectivity index (χ3v) is 3.09. The molecule has 82 valence electrons. The molecule has 0 aromatic rings. The largest absolute Gasteiger partial charge is 0.343 e. The highest BCUT2D eigenvalue weighted by Crippen LogP contribution is 2.12. The van der Waals surface area contributed by atoms with Crippen molar-refractivity contribution in [1.29, 1.82) is 0 Å². The van der Waals surface area contributed by atoms with Crippen molar-refractivity contribution in [2.45, 2.75) is 39.2 Å². The van der Waals surface area contributed by atoms with Gasteiger partial charge in [0.15, 0.2) is 0 Å². The summed E-state index contributed by atoms with van der Waals surface area (Å²) in [5.74, 6) is 0.885. The fourth-order valence-electron chi connectivity index (χ4n) is 1.74. The summed E-state index contributed by atoms with van der Waals surface area (Å²) in [4.78, 5) is 13.7. The zero-order chi connectivity index (χ0) is 10.6. The van der Waals surface area contributed by atoms with E-state index in [1.165, 1.54) is 0 Å². The Balaban J connectivity index is 2.26. The van der Waals surface area contributed by atoms with E-state index < -0.39 is 0 Å². The molecule has 1 unspecified atom stereocenters. The Morgan fingerprint density at radius 1 is 1.57 bits per heavy atom. The summed E-state index contributed by atoms with van der Waals surface area (Å²) in [5, 5.41) is 3.19. The van der Waals surface area contributed by atoms with Crippen LogP contribution in [0.1, 0.15) is 33.1 Å². The van der Waals surface area contributed by atoms with Crippen molar-refractivity contribution in [2.75, 3.05) is 20.1 Å². The van der Waals surface area contributed by atoms with E-state index in [1.54, 1.807) is 0 Å². The van der Waals surface area contributed by atoms with Crippen LogP contribution in [0, 0.1) is 5.92 Å². The number of rotatable bonds is 5. The second-order valence-corrected chi connectivity index (χ2v) is 4.37. The van der Waals surface area contributed by atoms with Crippen LogP contribution >= 0.6 is 0 Å². The molecule has 1 amide bonds. The minimum atomic E-state index is 0.303. The summed E-state index contributed by atoms with van der Waals surface area (Å²) in [6, 6.07) is 0.389. The van der Waals surface area contributed by atoms with E-state index in [1.807, 2.05) is 11.9 Å². The molecule has 0 saturated carbocycles. The number of nitrogens with zero attached hydrogens (tertiary/aromatic N) is 1. The lowest BCUT2D eigenvalue weighted by molar-refractivity contribution is -0.133. The first kappa shape index (κ1) is 11.5. The average Bonchev–Trinajstić information content (AvgIpc) is 2.10. The molecule has 1 heterocycles. The van der Waals surface area contributed by atoms with Crippen LogP contribution in [0.5, 0.6) is 0 Å². The molecule has 0 aliphatic carbocycles. The van der Waals surface area contributed by atoms with Crippen LogP contribution in [0.4, 0.5) is 0 Å². The van der Waals surface area contributed by atoms with Crippen LogP contribution in [0.2, 0.25) is 0 Å². The maximum absolute atomic E-state index is 11.8. The normalized spacial score (nSPS) is 18.8. The van der Waals surface area contributed by atoms with Crippen LogP contribution in [0.15, 0.2) is 0 Å². The summed E-state index contributed by atoms with van der Waals surface area (Å²) in [7, 11) is 1.93. The molecule has 3 heteroatoms. The predicted molar refractivity (Wildman–Crippen MR) is 58.1 cm³/mol. The maximum atomic E-state index is 11.8. The van der Waals surface area contributed by atoms with Crippen LogP contribution in [-0.2, 0) is 4.79 Å². The van der Waals surface area contributed by atoms with E-state index in [-0.39, 0.29) is 0 Å². The van der Waals surface area contributed by atoms with E-state index in [0.717, 1.165) is 32.4 Å². The van der Waals surface area contributed by atoms with Gasteiger partial charge >= 0.3 is 0 Å². The quantitative estimate of drug-likeness (QED) is 0.721. The fourth-order valence-corrected chi connectivity index (χ4v) is 1.74. The molecule has 1 saturated heterocycles. The number of carbonyl (C=O) groups excluding carboxylic acids is 1. The van der Waals surface area contributed by atoms with Gasteiger partial charge in [0, 0.05) is 19.5 Å². The van der Waals surface area contributed by atoms with Gasteiger partial charge in [0.1, 0.15) is 0 Å². The Morgan fingerprint density at radius 2 is 2.21 bits per heavy atom. The van der Waals surface area contributed by atoms with Crippen molar-refractivity contribution in [2.24, 2.45) is 5.92 Å². The topological polar surface area (TPSA) is 32.3 Å². The van der Waals surface area contributed by atoms with Crippen molar-refractivity contribution in [3.05, 3.63) is 0 Å². The highest BCUT2D eigenvalue weighted by molar-refractivity contribution is 5.76. The third-order valence-electron chi connectivity index (χ3n) is 3.09. The van der Waals surface area contributed by atoms with E-state index in [2.05, 4.69) is 19.2 Å².